The summed E-state index contributed by atoms with van der Waals surface area (Å²) in [4.78, 5) is 1.45. The molecule has 0 fully saturated rings. The van der Waals surface area contributed by atoms with E-state index in [4.69, 9.17) is 0 Å². The van der Waals surface area contributed by atoms with Gasteiger partial charge in [-0.1, -0.05) is 46.3 Å². The molecule has 0 saturated carbocycles. The number of thiophene rings is 1. The molecule has 84 valence electrons. The van der Waals surface area contributed by atoms with Crippen LogP contribution in [0.2, 0.25) is 0 Å². The molecule has 1 heterocycles. The van der Waals surface area contributed by atoms with Gasteiger partial charge in [-0.25, -0.2) is 0 Å². The van der Waals surface area contributed by atoms with Gasteiger partial charge in [0.15, 0.2) is 0 Å². The van der Waals surface area contributed by atoms with E-state index >= 15 is 0 Å². The first kappa shape index (κ1) is 12.5. The normalized spacial score (nSPS) is 13.5. The maximum Gasteiger partial charge on any atom is 0.0304 e. The van der Waals surface area contributed by atoms with Crippen molar-refractivity contribution in [1.29, 1.82) is 0 Å². The van der Waals surface area contributed by atoms with Crippen LogP contribution in [0.25, 0.3) is 5.57 Å². The number of allylic oxidation sites excluding steroid dienone is 2. The Balaban J connectivity index is 3.22. The Morgan fingerprint density at radius 2 is 1.87 bits per heavy atom. The Morgan fingerprint density at radius 1 is 1.20 bits per heavy atom. The third kappa shape index (κ3) is 2.94. The summed E-state index contributed by atoms with van der Waals surface area (Å²) in [6, 6.07) is 4.40. The minimum Gasteiger partial charge on any atom is -0.144 e. The lowest BCUT2D eigenvalue weighted by Gasteiger charge is -2.19. The van der Waals surface area contributed by atoms with E-state index in [-0.39, 0.29) is 0 Å². The molecule has 0 aliphatic heterocycles. The number of rotatable bonds is 4. The van der Waals surface area contributed by atoms with Gasteiger partial charge in [-0.3, -0.25) is 0 Å². The largest absolute Gasteiger partial charge is 0.144 e. The highest BCUT2D eigenvalue weighted by Crippen LogP contribution is 2.34. The van der Waals surface area contributed by atoms with Gasteiger partial charge in [0.2, 0.25) is 0 Å². The summed E-state index contributed by atoms with van der Waals surface area (Å²) in [5.41, 5.74) is 3.19. The van der Waals surface area contributed by atoms with Crippen LogP contribution in [-0.4, -0.2) is 0 Å². The third-order valence-corrected chi connectivity index (χ3v) is 3.69. The van der Waals surface area contributed by atoms with Crippen molar-refractivity contribution in [3.63, 3.8) is 0 Å². The molecule has 1 heteroatoms. The molecule has 1 aromatic rings. The fraction of sp³-hybridized carbons (Fsp3) is 0.571. The molecule has 0 nitrogen and oxygen atoms in total. The van der Waals surface area contributed by atoms with Crippen LogP contribution in [0, 0.1) is 11.8 Å². The fourth-order valence-corrected chi connectivity index (χ4v) is 3.11. The topological polar surface area (TPSA) is 0 Å². The number of hydrogen-bond donors (Lipinski definition) is 0. The monoisotopic (exact) mass is 222 g/mol. The van der Waals surface area contributed by atoms with E-state index in [9.17, 15) is 0 Å². The molecule has 15 heavy (non-hydrogen) atoms. The van der Waals surface area contributed by atoms with Crippen molar-refractivity contribution in [3.05, 3.63) is 28.0 Å². The molecule has 0 radical (unpaired) electrons. The highest BCUT2D eigenvalue weighted by molar-refractivity contribution is 7.11. The molecule has 0 aliphatic carbocycles. The van der Waals surface area contributed by atoms with Crippen molar-refractivity contribution < 1.29 is 0 Å². The highest BCUT2D eigenvalue weighted by Gasteiger charge is 2.14. The van der Waals surface area contributed by atoms with E-state index < -0.39 is 0 Å². The maximum atomic E-state index is 2.30. The second kappa shape index (κ2) is 5.50. The molecule has 0 aliphatic rings. The zero-order valence-corrected chi connectivity index (χ0v) is 11.3. The zero-order chi connectivity index (χ0) is 11.4. The minimum absolute atomic E-state index is 0.626. The van der Waals surface area contributed by atoms with Crippen molar-refractivity contribution in [3.8, 4) is 0 Å². The first-order valence-corrected chi connectivity index (χ1v) is 6.72. The smallest absolute Gasteiger partial charge is 0.0304 e. The van der Waals surface area contributed by atoms with Gasteiger partial charge >= 0.3 is 0 Å². The average Bonchev–Trinajstić information content (AvgIpc) is 2.64. The van der Waals surface area contributed by atoms with Crippen molar-refractivity contribution in [2.45, 2.75) is 41.0 Å². The van der Waals surface area contributed by atoms with E-state index in [1.807, 2.05) is 11.3 Å². The standard InChI is InChI=1S/C14H22S/c1-6-12(10(2)3)14(11(4)5)13-8-7-9-15-13/h7-11H,6H2,1-5H3/b14-12+. The fourth-order valence-electron chi connectivity index (χ4n) is 2.16. The van der Waals surface area contributed by atoms with Gasteiger partial charge in [-0.2, -0.15) is 0 Å². The average molecular weight is 222 g/mol. The van der Waals surface area contributed by atoms with Crippen LogP contribution in [0.5, 0.6) is 0 Å². The molecule has 1 aromatic heterocycles. The molecule has 0 N–H and O–H groups in total. The van der Waals surface area contributed by atoms with Gasteiger partial charge in [-0.15, -0.1) is 11.3 Å². The Morgan fingerprint density at radius 3 is 2.20 bits per heavy atom. The van der Waals surface area contributed by atoms with Crippen LogP contribution < -0.4 is 0 Å². The van der Waals surface area contributed by atoms with Crippen molar-refractivity contribution >= 4 is 16.9 Å². The molecule has 0 bridgehead atoms. The van der Waals surface area contributed by atoms with Crippen molar-refractivity contribution in [2.24, 2.45) is 11.8 Å². The van der Waals surface area contributed by atoms with E-state index in [2.05, 4.69) is 52.1 Å². The summed E-state index contributed by atoms with van der Waals surface area (Å²) in [7, 11) is 0. The summed E-state index contributed by atoms with van der Waals surface area (Å²) in [5, 5.41) is 2.17. The summed E-state index contributed by atoms with van der Waals surface area (Å²) >= 11 is 1.86. The molecule has 0 spiro atoms. The Hall–Kier alpha value is -0.560. The van der Waals surface area contributed by atoms with Gasteiger partial charge in [0.25, 0.3) is 0 Å². The molecular weight excluding hydrogens is 200 g/mol. The van der Waals surface area contributed by atoms with Crippen molar-refractivity contribution in [2.75, 3.05) is 0 Å². The summed E-state index contributed by atoms with van der Waals surface area (Å²) in [5.74, 6) is 1.29. The van der Waals surface area contributed by atoms with E-state index in [1.54, 1.807) is 11.1 Å². The molecule has 0 amide bonds. The van der Waals surface area contributed by atoms with Gasteiger partial charge in [0.05, 0.1) is 0 Å². The summed E-state index contributed by atoms with van der Waals surface area (Å²) in [6.07, 6.45) is 1.17. The SMILES string of the molecule is CC/C(=C(\c1cccs1)C(C)C)C(C)C. The minimum atomic E-state index is 0.626. The number of hydrogen-bond acceptors (Lipinski definition) is 1. The first-order chi connectivity index (χ1) is 7.07. The quantitative estimate of drug-likeness (QED) is 0.655. The molecular formula is C14H22S. The first-order valence-electron chi connectivity index (χ1n) is 5.84. The van der Waals surface area contributed by atoms with Gasteiger partial charge < -0.3 is 0 Å². The Labute approximate surface area is 98.0 Å². The lowest BCUT2D eigenvalue weighted by atomic mass is 9.88. The van der Waals surface area contributed by atoms with Crippen LogP contribution in [-0.2, 0) is 0 Å². The third-order valence-electron chi connectivity index (χ3n) is 2.79. The predicted molar refractivity (Wildman–Crippen MR) is 71.2 cm³/mol. The van der Waals surface area contributed by atoms with Crippen LogP contribution in [0.1, 0.15) is 45.9 Å². The summed E-state index contributed by atoms with van der Waals surface area (Å²) < 4.78 is 0. The summed E-state index contributed by atoms with van der Waals surface area (Å²) in [6.45, 7) is 11.5. The van der Waals surface area contributed by atoms with Crippen LogP contribution >= 0.6 is 11.3 Å². The lowest BCUT2D eigenvalue weighted by molar-refractivity contribution is 0.714. The van der Waals surface area contributed by atoms with Gasteiger partial charge in [0, 0.05) is 4.88 Å². The lowest BCUT2D eigenvalue weighted by Crippen LogP contribution is -2.02. The molecule has 0 unspecified atom stereocenters. The van der Waals surface area contributed by atoms with Crippen LogP contribution in [0.3, 0.4) is 0 Å². The molecule has 0 aromatic carbocycles. The zero-order valence-electron chi connectivity index (χ0n) is 10.5. The molecule has 0 saturated heterocycles. The van der Waals surface area contributed by atoms with E-state index in [1.165, 1.54) is 11.3 Å². The van der Waals surface area contributed by atoms with Crippen LogP contribution in [0.15, 0.2) is 23.1 Å². The Kier molecular flexibility index (Phi) is 4.59. The second-order valence-corrected chi connectivity index (χ2v) is 5.53. The van der Waals surface area contributed by atoms with Gasteiger partial charge in [-0.05, 0) is 35.3 Å². The second-order valence-electron chi connectivity index (χ2n) is 4.58. The predicted octanol–water partition coefficient (Wildman–Crippen LogP) is 5.22. The van der Waals surface area contributed by atoms with Crippen molar-refractivity contribution in [1.82, 2.24) is 0 Å². The Bertz CT molecular complexity index is 315. The highest BCUT2D eigenvalue weighted by atomic mass is 32.1. The van der Waals surface area contributed by atoms with Crippen LogP contribution in [0.4, 0.5) is 0 Å². The maximum absolute atomic E-state index is 2.30. The van der Waals surface area contributed by atoms with Gasteiger partial charge in [0.1, 0.15) is 0 Å². The van der Waals surface area contributed by atoms with E-state index in [0.29, 0.717) is 11.8 Å². The molecule has 1 rings (SSSR count). The van der Waals surface area contributed by atoms with E-state index in [0.717, 1.165) is 0 Å². The molecule has 0 atom stereocenters.